The van der Waals surface area contributed by atoms with Gasteiger partial charge in [-0.05, 0) is 61.5 Å². The lowest BCUT2D eigenvalue weighted by atomic mass is 10.2. The third kappa shape index (κ3) is 4.92. The maximum Gasteiger partial charge on any atom is 0.237 e. The van der Waals surface area contributed by atoms with Crippen LogP contribution in [0.3, 0.4) is 0 Å². The largest absolute Gasteiger partial charge is 0.325 e. The molecule has 0 saturated carbocycles. The Kier molecular flexibility index (Phi) is 6.29. The van der Waals surface area contributed by atoms with Crippen LogP contribution >= 0.6 is 23.4 Å². The first-order valence-electron chi connectivity index (χ1n) is 9.36. The molecule has 0 aliphatic heterocycles. The Morgan fingerprint density at radius 3 is 2.55 bits per heavy atom. The minimum absolute atomic E-state index is 0.202. The highest BCUT2D eigenvalue weighted by Crippen LogP contribution is 2.30. The Labute approximate surface area is 187 Å². The van der Waals surface area contributed by atoms with E-state index in [4.69, 9.17) is 11.6 Å². The molecule has 6 nitrogen and oxygen atoms in total. The van der Waals surface area contributed by atoms with Crippen molar-refractivity contribution in [3.8, 4) is 17.1 Å². The van der Waals surface area contributed by atoms with Gasteiger partial charge in [0.1, 0.15) is 5.82 Å². The molecule has 1 atom stereocenters. The Morgan fingerprint density at radius 2 is 1.84 bits per heavy atom. The number of anilines is 1. The molecule has 9 heteroatoms. The molecule has 0 bridgehead atoms. The molecule has 1 unspecified atom stereocenters. The van der Waals surface area contributed by atoms with Gasteiger partial charge >= 0.3 is 0 Å². The van der Waals surface area contributed by atoms with Crippen LogP contribution in [0, 0.1) is 5.82 Å². The van der Waals surface area contributed by atoms with Gasteiger partial charge in [-0.2, -0.15) is 0 Å². The number of hydrogen-bond acceptors (Lipinski definition) is 5. The summed E-state index contributed by atoms with van der Waals surface area (Å²) in [5.74, 6) is 0.0242. The Bertz CT molecular complexity index is 1200. The summed E-state index contributed by atoms with van der Waals surface area (Å²) in [5.41, 5.74) is 2.10. The van der Waals surface area contributed by atoms with Crippen LogP contribution < -0.4 is 5.32 Å². The number of amides is 1. The molecule has 0 radical (unpaired) electrons. The van der Waals surface area contributed by atoms with Crippen LogP contribution in [0.4, 0.5) is 10.1 Å². The fourth-order valence-corrected chi connectivity index (χ4v) is 3.94. The second-order valence-corrected chi connectivity index (χ2v) is 8.36. The second-order valence-electron chi connectivity index (χ2n) is 6.61. The zero-order valence-corrected chi connectivity index (χ0v) is 17.9. The van der Waals surface area contributed by atoms with Gasteiger partial charge in [0.15, 0.2) is 11.0 Å². The predicted molar refractivity (Wildman–Crippen MR) is 120 cm³/mol. The van der Waals surface area contributed by atoms with E-state index in [0.29, 0.717) is 27.4 Å². The van der Waals surface area contributed by atoms with Crippen molar-refractivity contribution in [2.45, 2.75) is 17.3 Å². The van der Waals surface area contributed by atoms with Crippen LogP contribution in [0.15, 0.2) is 78.2 Å². The molecule has 4 rings (SSSR count). The number of nitrogens with one attached hydrogen (secondary N) is 1. The number of hydrogen-bond donors (Lipinski definition) is 1. The molecular weight excluding hydrogens is 437 g/mol. The van der Waals surface area contributed by atoms with Crippen LogP contribution in [-0.4, -0.2) is 30.9 Å². The van der Waals surface area contributed by atoms with Gasteiger partial charge in [-0.25, -0.2) is 4.39 Å². The Hall–Kier alpha value is -3.23. The molecule has 0 saturated heterocycles. The van der Waals surface area contributed by atoms with E-state index in [1.807, 2.05) is 12.1 Å². The summed E-state index contributed by atoms with van der Waals surface area (Å²) >= 11 is 7.24. The van der Waals surface area contributed by atoms with Crippen LogP contribution in [0.2, 0.25) is 5.02 Å². The maximum absolute atomic E-state index is 13.5. The number of pyridine rings is 1. The summed E-state index contributed by atoms with van der Waals surface area (Å²) in [6.45, 7) is 1.78. The van der Waals surface area contributed by atoms with E-state index in [-0.39, 0.29) is 11.7 Å². The number of carbonyl (C=O) groups is 1. The minimum atomic E-state index is -0.479. The zero-order chi connectivity index (χ0) is 21.8. The minimum Gasteiger partial charge on any atom is -0.325 e. The molecule has 2 aromatic heterocycles. The van der Waals surface area contributed by atoms with Gasteiger partial charge < -0.3 is 5.32 Å². The van der Waals surface area contributed by atoms with Gasteiger partial charge in [0, 0.05) is 34.4 Å². The van der Waals surface area contributed by atoms with E-state index >= 15 is 0 Å². The molecule has 4 aromatic rings. The van der Waals surface area contributed by atoms with Crippen molar-refractivity contribution in [2.24, 2.45) is 0 Å². The average Bonchev–Trinajstić information content (AvgIpc) is 3.18. The van der Waals surface area contributed by atoms with Gasteiger partial charge in [-0.3, -0.25) is 14.3 Å². The average molecular weight is 454 g/mol. The van der Waals surface area contributed by atoms with Crippen molar-refractivity contribution in [1.82, 2.24) is 19.7 Å². The van der Waals surface area contributed by atoms with Crippen LogP contribution in [0.1, 0.15) is 6.92 Å². The highest BCUT2D eigenvalue weighted by Gasteiger charge is 2.22. The van der Waals surface area contributed by atoms with Gasteiger partial charge in [-0.1, -0.05) is 29.4 Å². The SMILES string of the molecule is CC(Sc1nnc(-c2ccncc2)n1-c1ccc(F)cc1)C(=O)Nc1cccc(Cl)c1. The fraction of sp³-hybridized carbons (Fsp3) is 0.0909. The van der Waals surface area contributed by atoms with E-state index in [9.17, 15) is 9.18 Å². The van der Waals surface area contributed by atoms with E-state index in [1.165, 1.54) is 23.9 Å². The van der Waals surface area contributed by atoms with Crippen LogP contribution in [0.25, 0.3) is 17.1 Å². The van der Waals surface area contributed by atoms with Crippen molar-refractivity contribution < 1.29 is 9.18 Å². The molecule has 0 fully saturated rings. The third-order valence-electron chi connectivity index (χ3n) is 4.40. The predicted octanol–water partition coefficient (Wildman–Crippen LogP) is 5.24. The first-order valence-corrected chi connectivity index (χ1v) is 10.6. The smallest absolute Gasteiger partial charge is 0.237 e. The first-order chi connectivity index (χ1) is 15.0. The van der Waals surface area contributed by atoms with Crippen molar-refractivity contribution >= 4 is 35.0 Å². The lowest BCUT2D eigenvalue weighted by Gasteiger charge is -2.14. The number of aromatic nitrogens is 4. The molecule has 1 amide bonds. The van der Waals surface area contributed by atoms with Gasteiger partial charge in [0.25, 0.3) is 0 Å². The number of rotatable bonds is 6. The summed E-state index contributed by atoms with van der Waals surface area (Å²) in [6.07, 6.45) is 3.32. The van der Waals surface area contributed by atoms with Gasteiger partial charge in [0.05, 0.1) is 5.25 Å². The summed E-state index contributed by atoms with van der Waals surface area (Å²) in [4.78, 5) is 16.7. The molecule has 2 aromatic carbocycles. The highest BCUT2D eigenvalue weighted by atomic mass is 35.5. The quantitative estimate of drug-likeness (QED) is 0.404. The fourth-order valence-electron chi connectivity index (χ4n) is 2.88. The Balaban J connectivity index is 1.64. The van der Waals surface area contributed by atoms with Crippen molar-refractivity contribution in [1.29, 1.82) is 0 Å². The molecule has 156 valence electrons. The molecule has 1 N–H and O–H groups in total. The van der Waals surface area contributed by atoms with E-state index in [2.05, 4.69) is 20.5 Å². The lowest BCUT2D eigenvalue weighted by Crippen LogP contribution is -2.22. The number of thioether (sulfide) groups is 1. The standard InChI is InChI=1S/C22H17ClFN5OS/c1-14(21(30)26-18-4-2-3-16(23)13-18)31-22-28-27-20(15-9-11-25-12-10-15)29(22)19-7-5-17(24)6-8-19/h2-14H,1H3,(H,26,30). The summed E-state index contributed by atoms with van der Waals surface area (Å²) in [5, 5.41) is 12.0. The topological polar surface area (TPSA) is 72.7 Å². The number of benzene rings is 2. The van der Waals surface area contributed by atoms with E-state index < -0.39 is 5.25 Å². The molecule has 2 heterocycles. The van der Waals surface area contributed by atoms with Gasteiger partial charge in [0.2, 0.25) is 5.91 Å². The molecule has 0 aliphatic rings. The number of halogens is 2. The second kappa shape index (κ2) is 9.28. The van der Waals surface area contributed by atoms with Gasteiger partial charge in [-0.15, -0.1) is 10.2 Å². The summed E-state index contributed by atoms with van der Waals surface area (Å²) < 4.78 is 15.3. The van der Waals surface area contributed by atoms with Crippen molar-refractivity contribution in [3.05, 3.63) is 83.9 Å². The van der Waals surface area contributed by atoms with Crippen molar-refractivity contribution in [2.75, 3.05) is 5.32 Å². The Morgan fingerprint density at radius 1 is 1.10 bits per heavy atom. The number of carbonyl (C=O) groups excluding carboxylic acids is 1. The monoisotopic (exact) mass is 453 g/mol. The highest BCUT2D eigenvalue weighted by molar-refractivity contribution is 8.00. The first kappa shape index (κ1) is 21.0. The van der Waals surface area contributed by atoms with E-state index in [1.54, 1.807) is 60.3 Å². The summed E-state index contributed by atoms with van der Waals surface area (Å²) in [6, 6.07) is 16.6. The normalized spacial score (nSPS) is 11.8. The zero-order valence-electron chi connectivity index (χ0n) is 16.4. The molecule has 0 aliphatic carbocycles. The van der Waals surface area contributed by atoms with E-state index in [0.717, 1.165) is 5.56 Å². The molecule has 0 spiro atoms. The van der Waals surface area contributed by atoms with Crippen LogP contribution in [0.5, 0.6) is 0 Å². The lowest BCUT2D eigenvalue weighted by molar-refractivity contribution is -0.115. The molecule has 31 heavy (non-hydrogen) atoms. The number of nitrogens with zero attached hydrogens (tertiary/aromatic N) is 4. The summed E-state index contributed by atoms with van der Waals surface area (Å²) in [7, 11) is 0. The maximum atomic E-state index is 13.5. The van der Waals surface area contributed by atoms with Crippen LogP contribution in [-0.2, 0) is 4.79 Å². The van der Waals surface area contributed by atoms with Crippen molar-refractivity contribution in [3.63, 3.8) is 0 Å². The molecular formula is C22H17ClFN5OS. The third-order valence-corrected chi connectivity index (χ3v) is 5.68.